The van der Waals surface area contributed by atoms with Crippen LogP contribution in [-0.4, -0.2) is 44.6 Å². The summed E-state index contributed by atoms with van der Waals surface area (Å²) in [7, 11) is 1.82. The van der Waals surface area contributed by atoms with E-state index in [9.17, 15) is 4.79 Å². The van der Waals surface area contributed by atoms with Gasteiger partial charge in [-0.15, -0.1) is 0 Å². The lowest BCUT2D eigenvalue weighted by Gasteiger charge is -2.10. The summed E-state index contributed by atoms with van der Waals surface area (Å²) in [5, 5.41) is 8.62. The first-order chi connectivity index (χ1) is 12.7. The van der Waals surface area contributed by atoms with Gasteiger partial charge in [0, 0.05) is 25.2 Å². The molecule has 3 heterocycles. The quantitative estimate of drug-likeness (QED) is 0.555. The Hall–Kier alpha value is -2.81. The molecular formula is C17H17N5O3S. The first kappa shape index (κ1) is 16.6. The lowest BCUT2D eigenvalue weighted by Crippen LogP contribution is -2.14. The van der Waals surface area contributed by atoms with E-state index < -0.39 is 0 Å². The van der Waals surface area contributed by atoms with Crippen LogP contribution in [0.3, 0.4) is 0 Å². The molecule has 4 rings (SSSR count). The number of thioether (sulfide) groups is 1. The zero-order valence-corrected chi connectivity index (χ0v) is 15.0. The molecule has 1 aromatic carbocycles. The summed E-state index contributed by atoms with van der Waals surface area (Å²) in [6.45, 7) is 1.24. The Morgan fingerprint density at radius 1 is 1.27 bits per heavy atom. The number of ether oxygens (including phenoxy) is 2. The lowest BCUT2D eigenvalue weighted by molar-refractivity contribution is -0.113. The van der Waals surface area contributed by atoms with Gasteiger partial charge in [0.1, 0.15) is 11.4 Å². The third-order valence-electron chi connectivity index (χ3n) is 3.86. The number of anilines is 1. The molecule has 0 aliphatic carbocycles. The Labute approximate surface area is 153 Å². The number of rotatable bonds is 4. The minimum Gasteiger partial charge on any atom is -0.490 e. The largest absolute Gasteiger partial charge is 0.490 e. The van der Waals surface area contributed by atoms with Gasteiger partial charge in [-0.05, 0) is 12.1 Å². The molecule has 0 saturated heterocycles. The van der Waals surface area contributed by atoms with Crippen molar-refractivity contribution in [3.05, 3.63) is 30.7 Å². The summed E-state index contributed by atoms with van der Waals surface area (Å²) in [6, 6.07) is 5.40. The Kier molecular flexibility index (Phi) is 4.61. The Balaban J connectivity index is 1.42. The van der Waals surface area contributed by atoms with Gasteiger partial charge in [-0.1, -0.05) is 11.8 Å². The lowest BCUT2D eigenvalue weighted by atomic mass is 10.2. The average Bonchev–Trinajstić information content (AvgIpc) is 2.88. The molecule has 1 N–H and O–H groups in total. The van der Waals surface area contributed by atoms with Crippen LogP contribution in [0.5, 0.6) is 11.5 Å². The van der Waals surface area contributed by atoms with Gasteiger partial charge in [-0.25, -0.2) is 9.97 Å². The molecule has 9 heteroatoms. The predicted octanol–water partition coefficient (Wildman–Crippen LogP) is 2.26. The number of nitrogens with one attached hydrogen (secondary N) is 1. The zero-order chi connectivity index (χ0) is 17.9. The van der Waals surface area contributed by atoms with Crippen LogP contribution in [0.4, 0.5) is 5.69 Å². The summed E-state index contributed by atoms with van der Waals surface area (Å²) in [6.07, 6.45) is 4.03. The molecule has 0 saturated carbocycles. The van der Waals surface area contributed by atoms with E-state index in [0.717, 1.165) is 22.5 Å². The summed E-state index contributed by atoms with van der Waals surface area (Å²) in [4.78, 5) is 20.7. The van der Waals surface area contributed by atoms with Crippen molar-refractivity contribution >= 4 is 34.4 Å². The van der Waals surface area contributed by atoms with Crippen molar-refractivity contribution in [3.8, 4) is 11.5 Å². The van der Waals surface area contributed by atoms with E-state index in [1.54, 1.807) is 23.0 Å². The van der Waals surface area contributed by atoms with Crippen LogP contribution in [0.25, 0.3) is 11.0 Å². The van der Waals surface area contributed by atoms with Crippen LogP contribution in [-0.2, 0) is 11.8 Å². The van der Waals surface area contributed by atoms with E-state index >= 15 is 0 Å². The van der Waals surface area contributed by atoms with Crippen molar-refractivity contribution in [2.45, 2.75) is 11.4 Å². The van der Waals surface area contributed by atoms with Crippen molar-refractivity contribution in [2.24, 2.45) is 7.05 Å². The smallest absolute Gasteiger partial charge is 0.234 e. The maximum Gasteiger partial charge on any atom is 0.234 e. The van der Waals surface area contributed by atoms with Crippen molar-refractivity contribution in [2.75, 3.05) is 24.3 Å². The van der Waals surface area contributed by atoms with E-state index in [4.69, 9.17) is 9.47 Å². The average molecular weight is 371 g/mol. The molecule has 0 fully saturated rings. The van der Waals surface area contributed by atoms with Crippen molar-refractivity contribution in [1.29, 1.82) is 0 Å². The van der Waals surface area contributed by atoms with Crippen LogP contribution in [0.2, 0.25) is 0 Å². The number of nitrogens with zero attached hydrogens (tertiary/aromatic N) is 4. The second-order valence-electron chi connectivity index (χ2n) is 5.73. The van der Waals surface area contributed by atoms with E-state index in [-0.39, 0.29) is 11.7 Å². The third kappa shape index (κ3) is 3.43. The normalized spacial score (nSPS) is 13.4. The molecule has 0 atom stereocenters. The van der Waals surface area contributed by atoms with E-state index in [1.165, 1.54) is 18.1 Å². The number of carbonyl (C=O) groups is 1. The number of carbonyl (C=O) groups excluding carboxylic acids is 1. The van der Waals surface area contributed by atoms with Crippen molar-refractivity contribution in [3.63, 3.8) is 0 Å². The van der Waals surface area contributed by atoms with E-state index in [0.29, 0.717) is 30.4 Å². The van der Waals surface area contributed by atoms with Gasteiger partial charge in [0.05, 0.1) is 30.5 Å². The predicted molar refractivity (Wildman–Crippen MR) is 97.7 cm³/mol. The minimum absolute atomic E-state index is 0.125. The fraction of sp³-hybridized carbons (Fsp3) is 0.294. The van der Waals surface area contributed by atoms with Crippen molar-refractivity contribution < 1.29 is 14.3 Å². The number of hydrogen-bond acceptors (Lipinski definition) is 7. The molecule has 1 amide bonds. The monoisotopic (exact) mass is 371 g/mol. The Morgan fingerprint density at radius 3 is 3.00 bits per heavy atom. The van der Waals surface area contributed by atoms with Crippen LogP contribution in [0.1, 0.15) is 6.42 Å². The third-order valence-corrected chi connectivity index (χ3v) is 4.87. The van der Waals surface area contributed by atoms with Gasteiger partial charge < -0.3 is 14.8 Å². The van der Waals surface area contributed by atoms with Gasteiger partial charge in [0.2, 0.25) is 5.91 Å². The second-order valence-corrected chi connectivity index (χ2v) is 6.70. The summed E-state index contributed by atoms with van der Waals surface area (Å²) < 4.78 is 12.9. The second kappa shape index (κ2) is 7.20. The fourth-order valence-electron chi connectivity index (χ4n) is 2.63. The van der Waals surface area contributed by atoms with Crippen LogP contribution >= 0.6 is 11.8 Å². The first-order valence-electron chi connectivity index (χ1n) is 8.16. The zero-order valence-electron chi connectivity index (χ0n) is 14.1. The van der Waals surface area contributed by atoms with Gasteiger partial charge in [0.15, 0.2) is 17.1 Å². The highest BCUT2D eigenvalue weighted by atomic mass is 32.2. The molecule has 1 aliphatic rings. The first-order valence-corrected chi connectivity index (χ1v) is 9.14. The Bertz CT molecular complexity index is 959. The number of benzene rings is 1. The highest BCUT2D eigenvalue weighted by molar-refractivity contribution is 8.00. The maximum atomic E-state index is 12.3. The van der Waals surface area contributed by atoms with Crippen LogP contribution in [0, 0.1) is 0 Å². The van der Waals surface area contributed by atoms with E-state index in [1.807, 2.05) is 13.1 Å². The highest BCUT2D eigenvalue weighted by Gasteiger charge is 2.13. The summed E-state index contributed by atoms with van der Waals surface area (Å²) in [5.74, 6) is 1.46. The molecule has 0 unspecified atom stereocenters. The van der Waals surface area contributed by atoms with Gasteiger partial charge >= 0.3 is 0 Å². The standard InChI is InChI=1S/C17H17N5O3S/c1-22-16-12(8-20-22)17(19-10-18-16)26-9-15(23)21-11-3-4-13-14(7-11)25-6-2-5-24-13/h3-4,7-8,10H,2,5-6,9H2,1H3,(H,21,23). The number of aromatic nitrogens is 4. The maximum absolute atomic E-state index is 12.3. The van der Waals surface area contributed by atoms with E-state index in [2.05, 4.69) is 20.4 Å². The van der Waals surface area contributed by atoms with Crippen LogP contribution < -0.4 is 14.8 Å². The molecule has 134 valence electrons. The van der Waals surface area contributed by atoms with Crippen molar-refractivity contribution in [1.82, 2.24) is 19.7 Å². The summed E-state index contributed by atoms with van der Waals surface area (Å²) >= 11 is 1.35. The SMILES string of the molecule is Cn1ncc2c(SCC(=O)Nc3ccc4c(c3)OCCCO4)ncnc21. The van der Waals surface area contributed by atoms with Crippen LogP contribution in [0.15, 0.2) is 35.7 Å². The topological polar surface area (TPSA) is 91.2 Å². The highest BCUT2D eigenvalue weighted by Crippen LogP contribution is 2.32. The molecule has 2 aromatic heterocycles. The molecule has 0 radical (unpaired) electrons. The molecule has 26 heavy (non-hydrogen) atoms. The molecule has 1 aliphatic heterocycles. The number of fused-ring (bicyclic) bond motifs is 2. The minimum atomic E-state index is -0.125. The number of hydrogen-bond donors (Lipinski definition) is 1. The molecule has 0 spiro atoms. The number of aryl methyl sites for hydroxylation is 1. The molecule has 8 nitrogen and oxygen atoms in total. The molecule has 0 bridgehead atoms. The molecule has 3 aromatic rings. The fourth-order valence-corrected chi connectivity index (χ4v) is 3.39. The Morgan fingerprint density at radius 2 is 2.12 bits per heavy atom. The molecular weight excluding hydrogens is 354 g/mol. The van der Waals surface area contributed by atoms with Gasteiger partial charge in [0.25, 0.3) is 0 Å². The number of amides is 1. The van der Waals surface area contributed by atoms with Gasteiger partial charge in [-0.2, -0.15) is 5.10 Å². The summed E-state index contributed by atoms with van der Waals surface area (Å²) in [5.41, 5.74) is 1.42. The van der Waals surface area contributed by atoms with Gasteiger partial charge in [-0.3, -0.25) is 9.48 Å².